The van der Waals surface area contributed by atoms with Gasteiger partial charge in [0.1, 0.15) is 0 Å². The molecule has 0 unspecified atom stereocenters. The van der Waals surface area contributed by atoms with E-state index in [4.69, 9.17) is 9.47 Å². The van der Waals surface area contributed by atoms with Crippen LogP contribution in [0.2, 0.25) is 0 Å². The number of hydrogen-bond donors (Lipinski definition) is 0. The molecular formula is C13H22O2. The van der Waals surface area contributed by atoms with Gasteiger partial charge in [-0.25, -0.2) is 0 Å². The first-order valence-electron chi connectivity index (χ1n) is 5.73. The van der Waals surface area contributed by atoms with E-state index in [1.807, 2.05) is 27.7 Å². The summed E-state index contributed by atoms with van der Waals surface area (Å²) in [7, 11) is 0. The molecule has 0 aliphatic carbocycles. The first-order valence-corrected chi connectivity index (χ1v) is 5.73. The van der Waals surface area contributed by atoms with Gasteiger partial charge in [0.25, 0.3) is 0 Å². The summed E-state index contributed by atoms with van der Waals surface area (Å²) >= 11 is 0. The van der Waals surface area contributed by atoms with Crippen LogP contribution < -0.4 is 0 Å². The molecule has 0 aromatic heterocycles. The van der Waals surface area contributed by atoms with Crippen molar-refractivity contribution in [3.8, 4) is 11.8 Å². The van der Waals surface area contributed by atoms with Crippen molar-refractivity contribution < 1.29 is 9.47 Å². The Kier molecular flexibility index (Phi) is 3.81. The lowest BCUT2D eigenvalue weighted by Gasteiger charge is -2.30. The van der Waals surface area contributed by atoms with E-state index in [0.29, 0.717) is 0 Å². The zero-order chi connectivity index (χ0) is 11.5. The molecule has 0 N–H and O–H groups in total. The van der Waals surface area contributed by atoms with E-state index in [2.05, 4.69) is 18.8 Å². The topological polar surface area (TPSA) is 18.5 Å². The standard InChI is InChI=1S/C13H22O2/c1-6-7-8-9-10-11-14-12(2,3)13(4,5)15-11/h11H,6-8H2,1-5H3. The molecule has 0 aromatic carbocycles. The normalized spacial score (nSPS) is 23.5. The number of hydrogen-bond acceptors (Lipinski definition) is 2. The molecule has 0 saturated carbocycles. The molecule has 0 amide bonds. The third kappa shape index (κ3) is 2.96. The maximum absolute atomic E-state index is 5.75. The average Bonchev–Trinajstić information content (AvgIpc) is 2.30. The van der Waals surface area contributed by atoms with Gasteiger partial charge in [-0.2, -0.15) is 0 Å². The zero-order valence-electron chi connectivity index (χ0n) is 10.5. The van der Waals surface area contributed by atoms with Gasteiger partial charge in [-0.05, 0) is 40.0 Å². The van der Waals surface area contributed by atoms with E-state index in [1.54, 1.807) is 0 Å². The highest BCUT2D eigenvalue weighted by molar-refractivity contribution is 5.07. The SMILES string of the molecule is CCCCC#CC1OC(C)(C)C(C)(C)O1. The minimum atomic E-state index is -0.355. The summed E-state index contributed by atoms with van der Waals surface area (Å²) < 4.78 is 11.5. The van der Waals surface area contributed by atoms with Crippen LogP contribution in [0.5, 0.6) is 0 Å². The lowest BCUT2D eigenvalue weighted by atomic mass is 9.90. The molecule has 1 saturated heterocycles. The predicted octanol–water partition coefficient (Wildman–Crippen LogP) is 3.11. The molecule has 1 fully saturated rings. The molecule has 0 bridgehead atoms. The van der Waals surface area contributed by atoms with Crippen molar-refractivity contribution in [2.75, 3.05) is 0 Å². The predicted molar refractivity (Wildman–Crippen MR) is 61.4 cm³/mol. The zero-order valence-corrected chi connectivity index (χ0v) is 10.5. The lowest BCUT2D eigenvalue weighted by Crippen LogP contribution is -2.41. The first-order chi connectivity index (χ1) is 6.89. The molecule has 1 heterocycles. The Hall–Kier alpha value is -0.520. The molecule has 0 aromatic rings. The van der Waals surface area contributed by atoms with Crippen LogP contribution in [0.15, 0.2) is 0 Å². The van der Waals surface area contributed by atoms with Gasteiger partial charge in [-0.15, -0.1) is 0 Å². The molecule has 0 spiro atoms. The van der Waals surface area contributed by atoms with Crippen molar-refractivity contribution >= 4 is 0 Å². The van der Waals surface area contributed by atoms with Crippen molar-refractivity contribution in [3.05, 3.63) is 0 Å². The molecule has 86 valence electrons. The lowest BCUT2D eigenvalue weighted by molar-refractivity contribution is -0.0434. The summed E-state index contributed by atoms with van der Waals surface area (Å²) in [4.78, 5) is 0. The number of unbranched alkanes of at least 4 members (excludes halogenated alkanes) is 2. The van der Waals surface area contributed by atoms with Gasteiger partial charge in [-0.1, -0.05) is 19.3 Å². The first kappa shape index (κ1) is 12.5. The van der Waals surface area contributed by atoms with E-state index >= 15 is 0 Å². The fraction of sp³-hybridized carbons (Fsp3) is 0.846. The summed E-state index contributed by atoms with van der Waals surface area (Å²) in [5.74, 6) is 6.14. The monoisotopic (exact) mass is 210 g/mol. The van der Waals surface area contributed by atoms with Crippen LogP contribution in [0.4, 0.5) is 0 Å². The van der Waals surface area contributed by atoms with Crippen molar-refractivity contribution in [3.63, 3.8) is 0 Å². The summed E-state index contributed by atoms with van der Waals surface area (Å²) in [6.07, 6.45) is 2.90. The van der Waals surface area contributed by atoms with Crippen molar-refractivity contribution in [1.29, 1.82) is 0 Å². The second-order valence-electron chi connectivity index (χ2n) is 5.01. The van der Waals surface area contributed by atoms with Crippen LogP contribution in [-0.2, 0) is 9.47 Å². The van der Waals surface area contributed by atoms with Gasteiger partial charge < -0.3 is 9.47 Å². The van der Waals surface area contributed by atoms with Gasteiger partial charge in [-0.3, -0.25) is 0 Å². The van der Waals surface area contributed by atoms with E-state index < -0.39 is 0 Å². The third-order valence-electron chi connectivity index (χ3n) is 3.13. The van der Waals surface area contributed by atoms with Gasteiger partial charge >= 0.3 is 0 Å². The van der Waals surface area contributed by atoms with Crippen LogP contribution in [0, 0.1) is 11.8 Å². The smallest absolute Gasteiger partial charge is 0.223 e. The third-order valence-corrected chi connectivity index (χ3v) is 3.13. The Balaban J connectivity index is 2.51. The average molecular weight is 210 g/mol. The molecule has 0 radical (unpaired) electrons. The molecule has 2 heteroatoms. The number of rotatable bonds is 2. The van der Waals surface area contributed by atoms with Gasteiger partial charge in [0.15, 0.2) is 0 Å². The van der Waals surface area contributed by atoms with Crippen molar-refractivity contribution in [2.45, 2.75) is 71.4 Å². The summed E-state index contributed by atoms with van der Waals surface area (Å²) in [5.41, 5.74) is -0.534. The second-order valence-corrected chi connectivity index (χ2v) is 5.01. The maximum atomic E-state index is 5.75. The minimum Gasteiger partial charge on any atom is -0.333 e. The highest BCUT2D eigenvalue weighted by Gasteiger charge is 2.48. The van der Waals surface area contributed by atoms with E-state index in [1.165, 1.54) is 6.42 Å². The Labute approximate surface area is 93.3 Å². The Morgan fingerprint density at radius 3 is 2.07 bits per heavy atom. The Morgan fingerprint density at radius 1 is 1.07 bits per heavy atom. The van der Waals surface area contributed by atoms with Crippen LogP contribution >= 0.6 is 0 Å². The molecule has 1 aliphatic heterocycles. The summed E-state index contributed by atoms with van der Waals surface area (Å²) in [6, 6.07) is 0. The highest BCUT2D eigenvalue weighted by Crippen LogP contribution is 2.37. The van der Waals surface area contributed by atoms with Crippen LogP contribution in [0.3, 0.4) is 0 Å². The van der Waals surface area contributed by atoms with E-state index in [0.717, 1.165) is 12.8 Å². The molecule has 15 heavy (non-hydrogen) atoms. The molecular weight excluding hydrogens is 188 g/mol. The van der Waals surface area contributed by atoms with Crippen molar-refractivity contribution in [1.82, 2.24) is 0 Å². The quantitative estimate of drug-likeness (QED) is 0.515. The Bertz CT molecular complexity index is 252. The molecule has 1 aliphatic rings. The van der Waals surface area contributed by atoms with Crippen LogP contribution in [-0.4, -0.2) is 17.5 Å². The van der Waals surface area contributed by atoms with Crippen molar-refractivity contribution in [2.24, 2.45) is 0 Å². The highest BCUT2D eigenvalue weighted by atomic mass is 16.7. The maximum Gasteiger partial charge on any atom is 0.223 e. The molecule has 1 rings (SSSR count). The van der Waals surface area contributed by atoms with Gasteiger partial charge in [0, 0.05) is 6.42 Å². The fourth-order valence-electron chi connectivity index (χ4n) is 1.32. The minimum absolute atomic E-state index is 0.267. The second kappa shape index (κ2) is 4.55. The number of ether oxygens (including phenoxy) is 2. The van der Waals surface area contributed by atoms with E-state index in [-0.39, 0.29) is 17.5 Å². The fourth-order valence-corrected chi connectivity index (χ4v) is 1.32. The summed E-state index contributed by atoms with van der Waals surface area (Å²) in [6.45, 7) is 10.3. The largest absolute Gasteiger partial charge is 0.333 e. The van der Waals surface area contributed by atoms with Crippen LogP contribution in [0.1, 0.15) is 53.9 Å². The van der Waals surface area contributed by atoms with Crippen LogP contribution in [0.25, 0.3) is 0 Å². The van der Waals surface area contributed by atoms with Gasteiger partial charge in [0.2, 0.25) is 6.29 Å². The molecule has 0 atom stereocenters. The van der Waals surface area contributed by atoms with E-state index in [9.17, 15) is 0 Å². The molecule has 2 nitrogen and oxygen atoms in total. The van der Waals surface area contributed by atoms with Gasteiger partial charge in [0.05, 0.1) is 11.2 Å². The summed E-state index contributed by atoms with van der Waals surface area (Å²) in [5, 5.41) is 0. The Morgan fingerprint density at radius 2 is 1.60 bits per heavy atom.